The summed E-state index contributed by atoms with van der Waals surface area (Å²) in [5, 5.41) is 6.84. The van der Waals surface area contributed by atoms with Crippen molar-refractivity contribution in [3.63, 3.8) is 0 Å². The molecule has 26 heavy (non-hydrogen) atoms. The minimum atomic E-state index is -0.314. The number of hydrazone groups is 1. The number of hydrogen-bond acceptors (Lipinski definition) is 3. The number of nitrogens with zero attached hydrogens (tertiary/aromatic N) is 1. The van der Waals surface area contributed by atoms with E-state index in [1.807, 2.05) is 13.0 Å². The molecule has 0 aliphatic heterocycles. The lowest BCUT2D eigenvalue weighted by atomic mass is 10.0. The lowest BCUT2D eigenvalue weighted by molar-refractivity contribution is -0.119. The number of allylic oxidation sites excluding steroid dienone is 1. The zero-order valence-corrected chi connectivity index (χ0v) is 15.3. The first kappa shape index (κ1) is 19.4. The van der Waals surface area contributed by atoms with E-state index in [2.05, 4.69) is 54.0 Å². The molecular weight excluding hydrogens is 329 g/mol. The molecule has 0 atom stereocenters. The Balaban J connectivity index is 1.80. The highest BCUT2D eigenvalue weighted by molar-refractivity contribution is 5.87. The van der Waals surface area contributed by atoms with E-state index in [9.17, 15) is 9.18 Å². The zero-order chi connectivity index (χ0) is 18.9. The van der Waals surface area contributed by atoms with E-state index in [0.29, 0.717) is 11.6 Å². The molecule has 0 saturated carbocycles. The highest BCUT2D eigenvalue weighted by Gasteiger charge is 2.00. The van der Waals surface area contributed by atoms with Crippen molar-refractivity contribution in [2.45, 2.75) is 26.7 Å². The van der Waals surface area contributed by atoms with E-state index in [0.717, 1.165) is 11.1 Å². The lowest BCUT2D eigenvalue weighted by Gasteiger charge is -2.05. The lowest BCUT2D eigenvalue weighted by Crippen LogP contribution is -2.25. The van der Waals surface area contributed by atoms with Crippen molar-refractivity contribution in [2.24, 2.45) is 5.10 Å². The van der Waals surface area contributed by atoms with Crippen LogP contribution in [0.3, 0.4) is 0 Å². The Morgan fingerprint density at radius 1 is 1.12 bits per heavy atom. The molecule has 0 spiro atoms. The fraction of sp³-hybridized carbons (Fsp3) is 0.238. The number of halogens is 1. The molecule has 2 N–H and O–H groups in total. The van der Waals surface area contributed by atoms with Crippen LogP contribution in [0.15, 0.2) is 59.2 Å². The number of carbonyl (C=O) groups excluding carboxylic acids is 1. The van der Waals surface area contributed by atoms with Gasteiger partial charge in [-0.1, -0.05) is 44.2 Å². The van der Waals surface area contributed by atoms with Gasteiger partial charge in [0.15, 0.2) is 0 Å². The third-order valence-corrected chi connectivity index (χ3v) is 3.75. The molecule has 2 rings (SSSR count). The van der Waals surface area contributed by atoms with Crippen LogP contribution >= 0.6 is 0 Å². The van der Waals surface area contributed by atoms with Crippen LogP contribution in [0, 0.1) is 5.82 Å². The molecule has 0 fully saturated rings. The number of nitrogens with one attached hydrogen (secondary N) is 2. The van der Waals surface area contributed by atoms with Crippen LogP contribution in [-0.4, -0.2) is 18.7 Å². The van der Waals surface area contributed by atoms with Crippen molar-refractivity contribution >= 4 is 23.9 Å². The molecule has 0 radical (unpaired) electrons. The van der Waals surface area contributed by atoms with Gasteiger partial charge in [0, 0.05) is 5.69 Å². The Labute approximate surface area is 153 Å². The van der Waals surface area contributed by atoms with E-state index in [-0.39, 0.29) is 18.3 Å². The fourth-order valence-corrected chi connectivity index (χ4v) is 2.27. The topological polar surface area (TPSA) is 53.5 Å². The fourth-order valence-electron chi connectivity index (χ4n) is 2.27. The molecule has 0 aromatic heterocycles. The van der Waals surface area contributed by atoms with E-state index in [4.69, 9.17) is 0 Å². The number of hydrogen-bond donors (Lipinski definition) is 2. The maximum atomic E-state index is 12.8. The van der Waals surface area contributed by atoms with Crippen LogP contribution in [0.25, 0.3) is 6.08 Å². The summed E-state index contributed by atoms with van der Waals surface area (Å²) in [6.07, 6.45) is 3.60. The molecule has 2 aromatic rings. The van der Waals surface area contributed by atoms with Gasteiger partial charge in [-0.2, -0.15) is 5.10 Å². The van der Waals surface area contributed by atoms with E-state index in [1.54, 1.807) is 18.3 Å². The van der Waals surface area contributed by atoms with Gasteiger partial charge in [0.2, 0.25) is 0 Å². The summed E-state index contributed by atoms with van der Waals surface area (Å²) in [7, 11) is 0. The Kier molecular flexibility index (Phi) is 7.09. The van der Waals surface area contributed by atoms with Crippen LogP contribution in [0.4, 0.5) is 10.1 Å². The Bertz CT molecular complexity index is 778. The molecular formula is C21H24FN3O. The van der Waals surface area contributed by atoms with Crippen molar-refractivity contribution < 1.29 is 9.18 Å². The average molecular weight is 353 g/mol. The summed E-state index contributed by atoms with van der Waals surface area (Å²) < 4.78 is 12.8. The quantitative estimate of drug-likeness (QED) is 0.566. The van der Waals surface area contributed by atoms with Gasteiger partial charge in [0.1, 0.15) is 5.82 Å². The third kappa shape index (κ3) is 6.51. The standard InChI is InChI=1S/C21H24FN3O/c1-15(2)18-6-4-17(5-7-18)12-16(3)13-24-25-21(26)14-23-20-10-8-19(22)9-11-20/h4-13,15,23H,14H2,1-3H3,(H,25,26)/b16-12-,24-13?. The summed E-state index contributed by atoms with van der Waals surface area (Å²) in [5.41, 5.74) is 6.44. The largest absolute Gasteiger partial charge is 0.376 e. The maximum absolute atomic E-state index is 12.8. The minimum Gasteiger partial charge on any atom is -0.376 e. The summed E-state index contributed by atoms with van der Waals surface area (Å²) in [6.45, 7) is 6.30. The molecule has 4 nitrogen and oxygen atoms in total. The number of rotatable bonds is 7. The molecule has 0 unspecified atom stereocenters. The molecule has 0 aliphatic rings. The van der Waals surface area contributed by atoms with Gasteiger partial charge in [-0.3, -0.25) is 4.79 Å². The first-order valence-corrected chi connectivity index (χ1v) is 8.53. The molecule has 2 aromatic carbocycles. The van der Waals surface area contributed by atoms with E-state index >= 15 is 0 Å². The van der Waals surface area contributed by atoms with E-state index < -0.39 is 0 Å². The smallest absolute Gasteiger partial charge is 0.259 e. The molecule has 1 amide bonds. The normalized spacial score (nSPS) is 11.8. The van der Waals surface area contributed by atoms with Gasteiger partial charge >= 0.3 is 0 Å². The van der Waals surface area contributed by atoms with Crippen molar-refractivity contribution in [1.82, 2.24) is 5.43 Å². The number of amides is 1. The van der Waals surface area contributed by atoms with Crippen LogP contribution in [0.2, 0.25) is 0 Å². The van der Waals surface area contributed by atoms with Crippen molar-refractivity contribution in [3.05, 3.63) is 71.0 Å². The first-order valence-electron chi connectivity index (χ1n) is 8.53. The Morgan fingerprint density at radius 2 is 1.77 bits per heavy atom. The van der Waals surface area contributed by atoms with Gasteiger partial charge < -0.3 is 5.32 Å². The van der Waals surface area contributed by atoms with Crippen molar-refractivity contribution in [3.8, 4) is 0 Å². The van der Waals surface area contributed by atoms with Crippen LogP contribution in [-0.2, 0) is 4.79 Å². The predicted molar refractivity (Wildman–Crippen MR) is 106 cm³/mol. The Morgan fingerprint density at radius 3 is 2.38 bits per heavy atom. The summed E-state index contributed by atoms with van der Waals surface area (Å²) in [4.78, 5) is 11.7. The second-order valence-corrected chi connectivity index (χ2v) is 6.36. The monoisotopic (exact) mass is 353 g/mol. The van der Waals surface area contributed by atoms with Crippen LogP contribution in [0.1, 0.15) is 37.8 Å². The van der Waals surface area contributed by atoms with Gasteiger partial charge in [-0.15, -0.1) is 0 Å². The molecule has 5 heteroatoms. The number of anilines is 1. The van der Waals surface area contributed by atoms with Crippen molar-refractivity contribution in [2.75, 3.05) is 11.9 Å². The second kappa shape index (κ2) is 9.51. The van der Waals surface area contributed by atoms with E-state index in [1.165, 1.54) is 17.7 Å². The molecule has 0 heterocycles. The van der Waals surface area contributed by atoms with Crippen molar-refractivity contribution in [1.29, 1.82) is 0 Å². The van der Waals surface area contributed by atoms with Gasteiger partial charge in [-0.05, 0) is 53.8 Å². The second-order valence-electron chi connectivity index (χ2n) is 6.36. The molecule has 0 bridgehead atoms. The highest BCUT2D eigenvalue weighted by atomic mass is 19.1. The van der Waals surface area contributed by atoms with Gasteiger partial charge in [0.05, 0.1) is 12.8 Å². The van der Waals surface area contributed by atoms with Crippen LogP contribution in [0.5, 0.6) is 0 Å². The SMILES string of the molecule is C/C(C=NNC(=O)CNc1ccc(F)cc1)=C/c1ccc(C(C)C)cc1. The van der Waals surface area contributed by atoms with Crippen LogP contribution < -0.4 is 10.7 Å². The van der Waals surface area contributed by atoms with Gasteiger partial charge in [0.25, 0.3) is 5.91 Å². The predicted octanol–water partition coefficient (Wildman–Crippen LogP) is 4.57. The number of benzene rings is 2. The summed E-state index contributed by atoms with van der Waals surface area (Å²) in [6, 6.07) is 14.2. The summed E-state index contributed by atoms with van der Waals surface area (Å²) >= 11 is 0. The average Bonchev–Trinajstić information content (AvgIpc) is 2.61. The Hall–Kier alpha value is -2.95. The highest BCUT2D eigenvalue weighted by Crippen LogP contribution is 2.16. The first-order chi connectivity index (χ1) is 12.4. The molecule has 0 saturated heterocycles. The third-order valence-electron chi connectivity index (χ3n) is 3.75. The maximum Gasteiger partial charge on any atom is 0.259 e. The zero-order valence-electron chi connectivity index (χ0n) is 15.3. The minimum absolute atomic E-state index is 0.0579. The van der Waals surface area contributed by atoms with Gasteiger partial charge in [-0.25, -0.2) is 9.82 Å². The number of carbonyl (C=O) groups is 1. The summed E-state index contributed by atoms with van der Waals surface area (Å²) in [5.74, 6) is -0.0835. The molecule has 136 valence electrons. The molecule has 0 aliphatic carbocycles.